The van der Waals surface area contributed by atoms with Crippen molar-refractivity contribution >= 4 is 40.9 Å². The van der Waals surface area contributed by atoms with Gasteiger partial charge < -0.3 is 15.5 Å². The lowest BCUT2D eigenvalue weighted by Gasteiger charge is -2.34. The van der Waals surface area contributed by atoms with Crippen molar-refractivity contribution in [3.05, 3.63) is 45.2 Å². The van der Waals surface area contributed by atoms with E-state index in [4.69, 9.17) is 11.6 Å². The number of fused-ring (bicyclic) bond motifs is 1. The summed E-state index contributed by atoms with van der Waals surface area (Å²) in [4.78, 5) is 47.3. The summed E-state index contributed by atoms with van der Waals surface area (Å²) in [5, 5.41) is 5.95. The molecule has 0 unspecified atom stereocenters. The lowest BCUT2D eigenvalue weighted by Crippen LogP contribution is -2.41. The fourth-order valence-corrected chi connectivity index (χ4v) is 4.02. The van der Waals surface area contributed by atoms with E-state index in [0.717, 1.165) is 25.8 Å². The number of H-pyrrole nitrogens is 1. The third kappa shape index (κ3) is 3.98. The van der Waals surface area contributed by atoms with Crippen LogP contribution in [-0.2, 0) is 9.59 Å². The van der Waals surface area contributed by atoms with Crippen molar-refractivity contribution in [2.24, 2.45) is 0 Å². The van der Waals surface area contributed by atoms with Crippen molar-refractivity contribution in [3.8, 4) is 0 Å². The first-order valence-electron chi connectivity index (χ1n) is 9.69. The molecule has 0 aliphatic carbocycles. The Balaban J connectivity index is 1.65. The van der Waals surface area contributed by atoms with Crippen LogP contribution < -0.4 is 21.1 Å². The number of rotatable bonds is 3. The Morgan fingerprint density at radius 3 is 2.72 bits per heavy atom. The highest BCUT2D eigenvalue weighted by molar-refractivity contribution is 6.30. The van der Waals surface area contributed by atoms with E-state index in [2.05, 4.69) is 27.5 Å². The van der Waals surface area contributed by atoms with E-state index in [-0.39, 0.29) is 29.8 Å². The number of halogens is 1. The number of carbonyl (C=O) groups excluding carboxylic acids is 2. The molecule has 4 rings (SSSR count). The largest absolute Gasteiger partial charge is 0.340 e. The molecule has 2 aliphatic rings. The van der Waals surface area contributed by atoms with E-state index in [0.29, 0.717) is 16.7 Å². The summed E-state index contributed by atoms with van der Waals surface area (Å²) in [6, 6.07) is 6.87. The van der Waals surface area contributed by atoms with Gasteiger partial charge in [0.2, 0.25) is 17.8 Å². The van der Waals surface area contributed by atoms with Crippen molar-refractivity contribution in [3.63, 3.8) is 0 Å². The molecule has 2 aromatic rings. The second-order valence-electron chi connectivity index (χ2n) is 7.49. The molecule has 0 bridgehead atoms. The first kappa shape index (κ1) is 19.4. The zero-order chi connectivity index (χ0) is 20.5. The molecule has 0 spiro atoms. The number of anilines is 3. The number of hydrogen-bond donors (Lipinski definition) is 3. The summed E-state index contributed by atoms with van der Waals surface area (Å²) in [5.41, 5.74) is 0.318. The molecule has 0 saturated carbocycles. The number of aromatic nitrogens is 2. The second kappa shape index (κ2) is 7.87. The van der Waals surface area contributed by atoms with Crippen LogP contribution in [0.5, 0.6) is 0 Å². The predicted octanol–water partition coefficient (Wildman–Crippen LogP) is 2.87. The van der Waals surface area contributed by atoms with E-state index in [1.165, 1.54) is 0 Å². The molecule has 29 heavy (non-hydrogen) atoms. The molecule has 3 heterocycles. The van der Waals surface area contributed by atoms with Gasteiger partial charge in [-0.05, 0) is 50.5 Å². The average molecular weight is 416 g/mol. The highest BCUT2D eigenvalue weighted by Gasteiger charge is 2.35. The maximum atomic E-state index is 12.9. The Morgan fingerprint density at radius 1 is 1.24 bits per heavy atom. The van der Waals surface area contributed by atoms with Gasteiger partial charge in [-0.2, -0.15) is 4.98 Å². The first-order chi connectivity index (χ1) is 13.9. The first-order valence-corrected chi connectivity index (χ1v) is 10.1. The van der Waals surface area contributed by atoms with E-state index < -0.39 is 17.4 Å². The number of aromatic amines is 1. The molecule has 9 heteroatoms. The van der Waals surface area contributed by atoms with Crippen molar-refractivity contribution in [1.29, 1.82) is 0 Å². The number of hydrogen-bond acceptors (Lipinski definition) is 5. The number of nitrogens with one attached hydrogen (secondary N) is 3. The Labute approximate surface area is 172 Å². The molecule has 8 nitrogen and oxygen atoms in total. The number of nitrogens with zero attached hydrogens (tertiary/aromatic N) is 2. The maximum absolute atomic E-state index is 12.9. The minimum Gasteiger partial charge on any atom is -0.340 e. The Hall–Kier alpha value is -2.87. The van der Waals surface area contributed by atoms with Crippen LogP contribution in [0.4, 0.5) is 17.5 Å². The van der Waals surface area contributed by atoms with Gasteiger partial charge in [0.25, 0.3) is 5.56 Å². The van der Waals surface area contributed by atoms with Gasteiger partial charge in [0.05, 0.1) is 11.5 Å². The topological polar surface area (TPSA) is 107 Å². The van der Waals surface area contributed by atoms with Crippen molar-refractivity contribution in [2.75, 3.05) is 22.1 Å². The smallest absolute Gasteiger partial charge is 0.258 e. The molecule has 2 aliphatic heterocycles. The second-order valence-corrected chi connectivity index (χ2v) is 7.93. The fraction of sp³-hybridized carbons (Fsp3) is 0.400. The standard InChI is InChI=1S/C20H22ClN5O3/c1-11-4-2-3-9-26(11)20-24-17-16(19(29)25-20)14(10-15(27)23-17)18(28)22-13-7-5-12(21)6-8-13/h5-8,11,14H,2-4,9-10H2,1H3,(H,22,28)(H2,23,24,25,27,29)/t11-,14-/m0/s1. The Morgan fingerprint density at radius 2 is 2.00 bits per heavy atom. The van der Waals surface area contributed by atoms with E-state index >= 15 is 0 Å². The van der Waals surface area contributed by atoms with Gasteiger partial charge in [-0.1, -0.05) is 11.6 Å². The highest BCUT2D eigenvalue weighted by Crippen LogP contribution is 2.31. The van der Waals surface area contributed by atoms with Gasteiger partial charge >= 0.3 is 0 Å². The molecule has 152 valence electrons. The van der Waals surface area contributed by atoms with Crippen LogP contribution in [0.3, 0.4) is 0 Å². The van der Waals surface area contributed by atoms with Gasteiger partial charge in [-0.15, -0.1) is 0 Å². The summed E-state index contributed by atoms with van der Waals surface area (Å²) in [6.07, 6.45) is 3.05. The third-order valence-electron chi connectivity index (χ3n) is 5.44. The zero-order valence-electron chi connectivity index (χ0n) is 16.0. The van der Waals surface area contributed by atoms with Crippen molar-refractivity contribution in [2.45, 2.75) is 44.6 Å². The fourth-order valence-electron chi connectivity index (χ4n) is 3.89. The van der Waals surface area contributed by atoms with E-state index in [1.54, 1.807) is 24.3 Å². The van der Waals surface area contributed by atoms with Crippen LogP contribution in [0, 0.1) is 0 Å². The molecule has 0 radical (unpaired) electrons. The van der Waals surface area contributed by atoms with Gasteiger partial charge in [0, 0.05) is 29.7 Å². The van der Waals surface area contributed by atoms with Crippen molar-refractivity contribution in [1.82, 2.24) is 9.97 Å². The quantitative estimate of drug-likeness (QED) is 0.714. The molecule has 2 amide bonds. The van der Waals surface area contributed by atoms with Crippen LogP contribution in [0.15, 0.2) is 29.1 Å². The number of carbonyl (C=O) groups is 2. The highest BCUT2D eigenvalue weighted by atomic mass is 35.5. The van der Waals surface area contributed by atoms with Crippen LogP contribution in [0.1, 0.15) is 44.1 Å². The predicted molar refractivity (Wildman–Crippen MR) is 112 cm³/mol. The van der Waals surface area contributed by atoms with Gasteiger partial charge in [0.1, 0.15) is 5.82 Å². The molecular formula is C20H22ClN5O3. The molecule has 1 aromatic heterocycles. The zero-order valence-corrected chi connectivity index (χ0v) is 16.8. The minimum atomic E-state index is -0.918. The SMILES string of the molecule is C[C@H]1CCCCN1c1nc2c(c(=O)[nH]1)[C@@H](C(=O)Nc1ccc(Cl)cc1)CC(=O)N2. The molecule has 2 atom stereocenters. The normalized spacial score (nSPS) is 21.3. The summed E-state index contributed by atoms with van der Waals surface area (Å²) in [7, 11) is 0. The lowest BCUT2D eigenvalue weighted by atomic mass is 9.92. The molecular weight excluding hydrogens is 394 g/mol. The number of amides is 2. The summed E-state index contributed by atoms with van der Waals surface area (Å²) >= 11 is 5.87. The van der Waals surface area contributed by atoms with Crippen LogP contribution in [-0.4, -0.2) is 34.4 Å². The maximum Gasteiger partial charge on any atom is 0.258 e. The molecule has 1 saturated heterocycles. The lowest BCUT2D eigenvalue weighted by molar-refractivity contribution is -0.123. The van der Waals surface area contributed by atoms with Gasteiger partial charge in [0.15, 0.2) is 0 Å². The summed E-state index contributed by atoms with van der Waals surface area (Å²) in [5.74, 6) is -1.10. The monoisotopic (exact) mass is 415 g/mol. The van der Waals surface area contributed by atoms with Crippen LogP contribution >= 0.6 is 11.6 Å². The molecule has 1 fully saturated rings. The van der Waals surface area contributed by atoms with E-state index in [1.807, 2.05) is 4.90 Å². The number of piperidine rings is 1. The summed E-state index contributed by atoms with van der Waals surface area (Å²) < 4.78 is 0. The van der Waals surface area contributed by atoms with Crippen molar-refractivity contribution < 1.29 is 9.59 Å². The molecule has 3 N–H and O–H groups in total. The summed E-state index contributed by atoms with van der Waals surface area (Å²) in [6.45, 7) is 2.87. The molecule has 1 aromatic carbocycles. The van der Waals surface area contributed by atoms with E-state index in [9.17, 15) is 14.4 Å². The average Bonchev–Trinajstić information content (AvgIpc) is 2.69. The Bertz CT molecular complexity index is 1000. The van der Waals surface area contributed by atoms with Crippen LogP contribution in [0.2, 0.25) is 5.02 Å². The number of benzene rings is 1. The Kier molecular flexibility index (Phi) is 5.27. The van der Waals surface area contributed by atoms with Crippen LogP contribution in [0.25, 0.3) is 0 Å². The minimum absolute atomic E-state index is 0.114. The van der Waals surface area contributed by atoms with Gasteiger partial charge in [-0.3, -0.25) is 19.4 Å². The van der Waals surface area contributed by atoms with Gasteiger partial charge in [-0.25, -0.2) is 0 Å². The third-order valence-corrected chi connectivity index (χ3v) is 5.69.